The van der Waals surface area contributed by atoms with E-state index in [0.717, 1.165) is 11.8 Å². The number of carbonyl (C=O) groups excluding carboxylic acids is 1. The van der Waals surface area contributed by atoms with Crippen LogP contribution in [0, 0.1) is 13.8 Å². The van der Waals surface area contributed by atoms with Crippen molar-refractivity contribution in [2.75, 3.05) is 0 Å². The fraction of sp³-hybridized carbons (Fsp3) is 0.167. The molecule has 0 radical (unpaired) electrons. The number of hydrogen-bond acceptors (Lipinski definition) is 2. The molecular weight excluding hydrogens is 206 g/mol. The third kappa shape index (κ3) is 1.39. The molecule has 0 fully saturated rings. The van der Waals surface area contributed by atoms with Gasteiger partial charge in [-0.2, -0.15) is 0 Å². The van der Waals surface area contributed by atoms with Gasteiger partial charge in [-0.15, -0.1) is 0 Å². The highest BCUT2D eigenvalue weighted by Crippen LogP contribution is 2.25. The highest BCUT2D eigenvalue weighted by Gasteiger charge is 2.15. The molecule has 0 aliphatic heterocycles. The molecule has 1 aromatic heterocycles. The third-order valence-electron chi connectivity index (χ3n) is 2.64. The number of aryl methyl sites for hydroxylation is 2. The van der Waals surface area contributed by atoms with Crippen molar-refractivity contribution in [3.8, 4) is 0 Å². The molecule has 0 aliphatic carbocycles. The second-order valence-corrected chi connectivity index (χ2v) is 3.82. The number of aromatic carboxylic acids is 1. The summed E-state index contributed by atoms with van der Waals surface area (Å²) in [6, 6.07) is 3.41. The van der Waals surface area contributed by atoms with Crippen molar-refractivity contribution in [3.05, 3.63) is 34.5 Å². The van der Waals surface area contributed by atoms with E-state index < -0.39 is 5.97 Å². The molecular formula is C12H11NO3. The fourth-order valence-corrected chi connectivity index (χ4v) is 1.91. The number of rotatable bonds is 2. The summed E-state index contributed by atoms with van der Waals surface area (Å²) in [7, 11) is 0. The third-order valence-corrected chi connectivity index (χ3v) is 2.64. The van der Waals surface area contributed by atoms with Crippen LogP contribution in [0.1, 0.15) is 32.0 Å². The van der Waals surface area contributed by atoms with E-state index in [-0.39, 0.29) is 5.56 Å². The van der Waals surface area contributed by atoms with Gasteiger partial charge in [-0.25, -0.2) is 4.79 Å². The van der Waals surface area contributed by atoms with Gasteiger partial charge in [0, 0.05) is 16.6 Å². The minimum Gasteiger partial charge on any atom is -0.478 e. The summed E-state index contributed by atoms with van der Waals surface area (Å²) in [4.78, 5) is 24.9. The molecule has 0 saturated carbocycles. The number of carboxylic acid groups (broad SMARTS) is 1. The molecule has 2 N–H and O–H groups in total. The molecule has 0 spiro atoms. The van der Waals surface area contributed by atoms with Gasteiger partial charge in [-0.1, -0.05) is 0 Å². The van der Waals surface area contributed by atoms with Gasteiger partial charge in [-0.05, 0) is 31.5 Å². The topological polar surface area (TPSA) is 70.2 Å². The smallest absolute Gasteiger partial charge is 0.337 e. The van der Waals surface area contributed by atoms with Crippen LogP contribution < -0.4 is 0 Å². The van der Waals surface area contributed by atoms with Gasteiger partial charge in [0.1, 0.15) is 0 Å². The molecule has 0 amide bonds. The molecule has 1 heterocycles. The molecule has 0 saturated heterocycles. The normalized spacial score (nSPS) is 10.6. The monoisotopic (exact) mass is 217 g/mol. The largest absolute Gasteiger partial charge is 0.478 e. The van der Waals surface area contributed by atoms with E-state index in [2.05, 4.69) is 4.98 Å². The van der Waals surface area contributed by atoms with E-state index in [9.17, 15) is 9.59 Å². The summed E-state index contributed by atoms with van der Waals surface area (Å²) >= 11 is 0. The fourth-order valence-electron chi connectivity index (χ4n) is 1.91. The van der Waals surface area contributed by atoms with Crippen LogP contribution >= 0.6 is 0 Å². The van der Waals surface area contributed by atoms with Crippen molar-refractivity contribution in [3.63, 3.8) is 0 Å². The summed E-state index contributed by atoms with van der Waals surface area (Å²) in [6.07, 6.45) is 0.749. The summed E-state index contributed by atoms with van der Waals surface area (Å²) in [6.45, 7) is 3.56. The van der Waals surface area contributed by atoms with Crippen molar-refractivity contribution in [2.45, 2.75) is 13.8 Å². The molecule has 0 aliphatic rings. The molecule has 4 nitrogen and oxygen atoms in total. The van der Waals surface area contributed by atoms with Crippen LogP contribution in [0.3, 0.4) is 0 Å². The Morgan fingerprint density at radius 3 is 2.62 bits per heavy atom. The van der Waals surface area contributed by atoms with Gasteiger partial charge in [0.2, 0.25) is 0 Å². The Kier molecular flexibility index (Phi) is 2.27. The van der Waals surface area contributed by atoms with E-state index in [1.165, 1.54) is 0 Å². The zero-order valence-electron chi connectivity index (χ0n) is 9.00. The highest BCUT2D eigenvalue weighted by molar-refractivity contribution is 6.08. The summed E-state index contributed by atoms with van der Waals surface area (Å²) in [5.74, 6) is -0.993. The number of nitrogens with one attached hydrogen (secondary N) is 1. The standard InChI is InChI=1S/C12H11NO3/c1-6-3-8-10(5-14)7(2)13-11(8)9(4-6)12(15)16/h3-5,13H,1-2H3,(H,15,16). The number of carbonyl (C=O) groups is 2. The first-order valence-electron chi connectivity index (χ1n) is 4.86. The molecule has 16 heavy (non-hydrogen) atoms. The summed E-state index contributed by atoms with van der Waals surface area (Å²) < 4.78 is 0. The number of aldehydes is 1. The van der Waals surface area contributed by atoms with Crippen molar-refractivity contribution in [1.29, 1.82) is 0 Å². The first kappa shape index (κ1) is 10.4. The predicted octanol–water partition coefficient (Wildman–Crippen LogP) is 2.30. The van der Waals surface area contributed by atoms with E-state index in [4.69, 9.17) is 5.11 Å². The Hall–Kier alpha value is -2.10. The van der Waals surface area contributed by atoms with E-state index >= 15 is 0 Å². The zero-order chi connectivity index (χ0) is 11.9. The SMILES string of the molecule is Cc1cc(C(=O)O)c2[nH]c(C)c(C=O)c2c1. The quantitative estimate of drug-likeness (QED) is 0.758. The lowest BCUT2D eigenvalue weighted by Gasteiger charge is -2.00. The number of fused-ring (bicyclic) bond motifs is 1. The van der Waals surface area contributed by atoms with Crippen molar-refractivity contribution in [2.24, 2.45) is 0 Å². The van der Waals surface area contributed by atoms with E-state index in [1.807, 2.05) is 13.0 Å². The van der Waals surface area contributed by atoms with Gasteiger partial charge < -0.3 is 10.1 Å². The van der Waals surface area contributed by atoms with Crippen LogP contribution in [0.2, 0.25) is 0 Å². The van der Waals surface area contributed by atoms with Gasteiger partial charge in [-0.3, -0.25) is 4.79 Å². The number of aromatic nitrogens is 1. The van der Waals surface area contributed by atoms with Crippen LogP contribution in [0.5, 0.6) is 0 Å². The molecule has 0 unspecified atom stereocenters. The lowest BCUT2D eigenvalue weighted by Crippen LogP contribution is -1.98. The van der Waals surface area contributed by atoms with E-state index in [1.54, 1.807) is 13.0 Å². The maximum Gasteiger partial charge on any atom is 0.337 e. The molecule has 0 atom stereocenters. The van der Waals surface area contributed by atoms with Crippen LogP contribution in [-0.4, -0.2) is 22.3 Å². The molecule has 2 rings (SSSR count). The average molecular weight is 217 g/mol. The Morgan fingerprint density at radius 1 is 1.38 bits per heavy atom. The first-order chi connectivity index (χ1) is 7.54. The number of carboxylic acids is 1. The Balaban J connectivity index is 2.94. The Labute approximate surface area is 91.9 Å². The van der Waals surface area contributed by atoms with Crippen LogP contribution in [0.4, 0.5) is 0 Å². The molecule has 2 aromatic rings. The number of benzene rings is 1. The molecule has 4 heteroatoms. The van der Waals surface area contributed by atoms with E-state index in [0.29, 0.717) is 22.2 Å². The maximum absolute atomic E-state index is 11.1. The van der Waals surface area contributed by atoms with Gasteiger partial charge in [0.25, 0.3) is 0 Å². The zero-order valence-corrected chi connectivity index (χ0v) is 9.00. The van der Waals surface area contributed by atoms with Crippen LogP contribution in [0.25, 0.3) is 10.9 Å². The lowest BCUT2D eigenvalue weighted by atomic mass is 10.0. The summed E-state index contributed by atoms with van der Waals surface area (Å²) in [5.41, 5.74) is 2.76. The number of aromatic amines is 1. The number of hydrogen-bond donors (Lipinski definition) is 2. The van der Waals surface area contributed by atoms with Crippen molar-refractivity contribution >= 4 is 23.2 Å². The van der Waals surface area contributed by atoms with Gasteiger partial charge in [0.15, 0.2) is 6.29 Å². The maximum atomic E-state index is 11.1. The second kappa shape index (κ2) is 3.48. The highest BCUT2D eigenvalue weighted by atomic mass is 16.4. The van der Waals surface area contributed by atoms with Crippen LogP contribution in [0.15, 0.2) is 12.1 Å². The first-order valence-corrected chi connectivity index (χ1v) is 4.86. The van der Waals surface area contributed by atoms with Gasteiger partial charge >= 0.3 is 5.97 Å². The van der Waals surface area contributed by atoms with Crippen molar-refractivity contribution < 1.29 is 14.7 Å². The minimum absolute atomic E-state index is 0.200. The van der Waals surface area contributed by atoms with Crippen LogP contribution in [-0.2, 0) is 0 Å². The average Bonchev–Trinajstić information content (AvgIpc) is 2.52. The minimum atomic E-state index is -0.993. The molecule has 1 aromatic carbocycles. The second-order valence-electron chi connectivity index (χ2n) is 3.82. The Bertz CT molecular complexity index is 596. The predicted molar refractivity (Wildman–Crippen MR) is 60.1 cm³/mol. The lowest BCUT2D eigenvalue weighted by molar-refractivity contribution is 0.0698. The Morgan fingerprint density at radius 2 is 2.06 bits per heavy atom. The number of H-pyrrole nitrogens is 1. The molecule has 0 bridgehead atoms. The molecule has 82 valence electrons. The van der Waals surface area contributed by atoms with Gasteiger partial charge in [0.05, 0.1) is 11.1 Å². The summed E-state index contributed by atoms with van der Waals surface area (Å²) in [5, 5.41) is 9.74. The van der Waals surface area contributed by atoms with Crippen molar-refractivity contribution in [1.82, 2.24) is 4.98 Å².